The number of ether oxygens (including phenoxy) is 2. The average molecular weight is 220 g/mol. The van der Waals surface area contributed by atoms with Gasteiger partial charge < -0.3 is 15.2 Å². The van der Waals surface area contributed by atoms with E-state index in [9.17, 15) is 4.79 Å². The van der Waals surface area contributed by atoms with Gasteiger partial charge in [0.25, 0.3) is 0 Å². The number of rotatable bonds is 3. The van der Waals surface area contributed by atoms with Gasteiger partial charge in [0.2, 0.25) is 0 Å². The van der Waals surface area contributed by atoms with Crippen LogP contribution in [-0.2, 0) is 11.3 Å². The summed E-state index contributed by atoms with van der Waals surface area (Å²) >= 11 is 0. The minimum absolute atomic E-state index is 0.157. The van der Waals surface area contributed by atoms with E-state index in [1.807, 2.05) is 6.07 Å². The van der Waals surface area contributed by atoms with Gasteiger partial charge in [-0.05, 0) is 17.7 Å². The summed E-state index contributed by atoms with van der Waals surface area (Å²) in [5.74, 6) is -0.106. The number of methoxy groups -OCH3 is 2. The molecule has 0 aromatic heterocycles. The Bertz CT molecular complexity index is 449. The van der Waals surface area contributed by atoms with Crippen LogP contribution in [0.15, 0.2) is 12.1 Å². The van der Waals surface area contributed by atoms with Crippen molar-refractivity contribution in [2.24, 2.45) is 5.73 Å². The first-order chi connectivity index (χ1) is 7.67. The third-order valence-electron chi connectivity index (χ3n) is 2.17. The Labute approximate surface area is 93.4 Å². The number of esters is 1. The highest BCUT2D eigenvalue weighted by atomic mass is 16.5. The smallest absolute Gasteiger partial charge is 0.339 e. The van der Waals surface area contributed by atoms with E-state index in [1.54, 1.807) is 6.07 Å². The van der Waals surface area contributed by atoms with Crippen molar-refractivity contribution in [3.05, 3.63) is 28.8 Å². The van der Waals surface area contributed by atoms with Gasteiger partial charge in [0.05, 0.1) is 25.3 Å². The average Bonchev–Trinajstić information content (AvgIpc) is 2.35. The van der Waals surface area contributed by atoms with Gasteiger partial charge in [-0.25, -0.2) is 4.79 Å². The van der Waals surface area contributed by atoms with Crippen molar-refractivity contribution in [1.82, 2.24) is 0 Å². The van der Waals surface area contributed by atoms with Crippen molar-refractivity contribution in [2.45, 2.75) is 6.54 Å². The van der Waals surface area contributed by atoms with E-state index < -0.39 is 5.97 Å². The SMILES string of the molecule is COC(=O)c1cc(OC)cc(CN)c1C#N. The highest BCUT2D eigenvalue weighted by Gasteiger charge is 2.16. The van der Waals surface area contributed by atoms with Crippen LogP contribution in [0.4, 0.5) is 0 Å². The Balaban J connectivity index is 3.44. The van der Waals surface area contributed by atoms with Crippen LogP contribution in [-0.4, -0.2) is 20.2 Å². The van der Waals surface area contributed by atoms with E-state index >= 15 is 0 Å². The molecule has 0 atom stereocenters. The van der Waals surface area contributed by atoms with Crippen LogP contribution in [0.3, 0.4) is 0 Å². The first kappa shape index (κ1) is 12.0. The zero-order valence-electron chi connectivity index (χ0n) is 9.11. The van der Waals surface area contributed by atoms with E-state index in [0.717, 1.165) is 0 Å². The monoisotopic (exact) mass is 220 g/mol. The zero-order valence-corrected chi connectivity index (χ0v) is 9.11. The van der Waals surface area contributed by atoms with Crippen molar-refractivity contribution < 1.29 is 14.3 Å². The number of hydrogen-bond acceptors (Lipinski definition) is 5. The van der Waals surface area contributed by atoms with Gasteiger partial charge in [-0.15, -0.1) is 0 Å². The second-order valence-corrected chi connectivity index (χ2v) is 3.02. The largest absolute Gasteiger partial charge is 0.497 e. The number of nitrogens with zero attached hydrogens (tertiary/aromatic N) is 1. The maximum absolute atomic E-state index is 11.5. The highest BCUT2D eigenvalue weighted by Crippen LogP contribution is 2.22. The third kappa shape index (κ3) is 2.12. The fourth-order valence-electron chi connectivity index (χ4n) is 1.35. The Kier molecular flexibility index (Phi) is 3.86. The summed E-state index contributed by atoms with van der Waals surface area (Å²) in [6.07, 6.45) is 0. The summed E-state index contributed by atoms with van der Waals surface area (Å²) in [6.45, 7) is 0.157. The van der Waals surface area contributed by atoms with Crippen LogP contribution in [0, 0.1) is 11.3 Å². The van der Waals surface area contributed by atoms with Crippen LogP contribution in [0.5, 0.6) is 5.75 Å². The van der Waals surface area contributed by atoms with Crippen LogP contribution < -0.4 is 10.5 Å². The second kappa shape index (κ2) is 5.14. The van der Waals surface area contributed by atoms with Crippen molar-refractivity contribution in [3.63, 3.8) is 0 Å². The van der Waals surface area contributed by atoms with Gasteiger partial charge in [-0.2, -0.15) is 5.26 Å². The van der Waals surface area contributed by atoms with Crippen molar-refractivity contribution >= 4 is 5.97 Å². The van der Waals surface area contributed by atoms with Gasteiger partial charge in [-0.1, -0.05) is 0 Å². The lowest BCUT2D eigenvalue weighted by Gasteiger charge is -2.09. The topological polar surface area (TPSA) is 85.3 Å². The molecule has 5 nitrogen and oxygen atoms in total. The van der Waals surface area contributed by atoms with Gasteiger partial charge in [0.1, 0.15) is 11.8 Å². The molecule has 2 N–H and O–H groups in total. The standard InChI is InChI=1S/C11H12N2O3/c1-15-8-3-7(5-12)10(6-13)9(4-8)11(14)16-2/h3-4H,5,12H2,1-2H3. The molecule has 1 aromatic rings. The first-order valence-electron chi connectivity index (χ1n) is 4.57. The quantitative estimate of drug-likeness (QED) is 0.762. The molecule has 16 heavy (non-hydrogen) atoms. The molecular weight excluding hydrogens is 208 g/mol. The van der Waals surface area contributed by atoms with Crippen molar-refractivity contribution in [2.75, 3.05) is 14.2 Å². The minimum atomic E-state index is -0.579. The summed E-state index contributed by atoms with van der Waals surface area (Å²) < 4.78 is 9.61. The van der Waals surface area contributed by atoms with Gasteiger partial charge in [0.15, 0.2) is 0 Å². The van der Waals surface area contributed by atoms with Gasteiger partial charge >= 0.3 is 5.97 Å². The Morgan fingerprint density at radius 2 is 2.19 bits per heavy atom. The number of nitrogens with two attached hydrogens (primary N) is 1. The number of hydrogen-bond donors (Lipinski definition) is 1. The molecule has 1 aromatic carbocycles. The number of carbonyl (C=O) groups is 1. The summed E-state index contributed by atoms with van der Waals surface area (Å²) in [6, 6.07) is 5.04. The summed E-state index contributed by atoms with van der Waals surface area (Å²) in [7, 11) is 2.73. The van der Waals surface area contributed by atoms with Crippen LogP contribution in [0.25, 0.3) is 0 Å². The van der Waals surface area contributed by atoms with Gasteiger partial charge in [0, 0.05) is 6.54 Å². The summed E-state index contributed by atoms with van der Waals surface area (Å²) in [5.41, 5.74) is 6.46. The lowest BCUT2D eigenvalue weighted by molar-refractivity contribution is 0.0600. The number of carbonyl (C=O) groups excluding carboxylic acids is 1. The number of nitriles is 1. The van der Waals surface area contributed by atoms with Crippen LogP contribution in [0.1, 0.15) is 21.5 Å². The van der Waals surface area contributed by atoms with E-state index in [-0.39, 0.29) is 17.7 Å². The Hall–Kier alpha value is -2.06. The van der Waals surface area contributed by atoms with Crippen molar-refractivity contribution in [3.8, 4) is 11.8 Å². The molecular formula is C11H12N2O3. The number of benzene rings is 1. The molecule has 5 heteroatoms. The second-order valence-electron chi connectivity index (χ2n) is 3.02. The predicted molar refractivity (Wildman–Crippen MR) is 56.9 cm³/mol. The molecule has 0 bridgehead atoms. The summed E-state index contributed by atoms with van der Waals surface area (Å²) in [5, 5.41) is 8.98. The molecule has 0 aliphatic rings. The lowest BCUT2D eigenvalue weighted by atomic mass is 10.0. The highest BCUT2D eigenvalue weighted by molar-refractivity contribution is 5.93. The Morgan fingerprint density at radius 1 is 1.50 bits per heavy atom. The molecule has 0 saturated heterocycles. The van der Waals surface area contributed by atoms with Crippen LogP contribution >= 0.6 is 0 Å². The van der Waals surface area contributed by atoms with E-state index in [1.165, 1.54) is 20.3 Å². The maximum Gasteiger partial charge on any atom is 0.339 e. The lowest BCUT2D eigenvalue weighted by Crippen LogP contribution is -2.09. The predicted octanol–water partition coefficient (Wildman–Crippen LogP) is 0.812. The zero-order chi connectivity index (χ0) is 12.1. The molecule has 0 radical (unpaired) electrons. The van der Waals surface area contributed by atoms with Crippen molar-refractivity contribution in [1.29, 1.82) is 5.26 Å². The molecule has 84 valence electrons. The van der Waals surface area contributed by atoms with E-state index in [2.05, 4.69) is 4.74 Å². The van der Waals surface area contributed by atoms with E-state index in [0.29, 0.717) is 11.3 Å². The third-order valence-corrected chi connectivity index (χ3v) is 2.17. The van der Waals surface area contributed by atoms with Gasteiger partial charge in [-0.3, -0.25) is 0 Å². The molecule has 0 heterocycles. The molecule has 0 unspecified atom stereocenters. The molecule has 0 aliphatic heterocycles. The molecule has 0 saturated carbocycles. The maximum atomic E-state index is 11.5. The minimum Gasteiger partial charge on any atom is -0.497 e. The van der Waals surface area contributed by atoms with Crippen LogP contribution in [0.2, 0.25) is 0 Å². The molecule has 1 rings (SSSR count). The Morgan fingerprint density at radius 3 is 2.62 bits per heavy atom. The molecule has 0 aliphatic carbocycles. The van der Waals surface area contributed by atoms with E-state index in [4.69, 9.17) is 15.7 Å². The first-order valence-corrected chi connectivity index (χ1v) is 4.57. The molecule has 0 fully saturated rings. The fraction of sp³-hybridized carbons (Fsp3) is 0.273. The fourth-order valence-corrected chi connectivity index (χ4v) is 1.35. The summed E-state index contributed by atoms with van der Waals surface area (Å²) in [4.78, 5) is 11.5. The molecule has 0 amide bonds. The normalized spacial score (nSPS) is 9.38. The molecule has 0 spiro atoms.